The zero-order valence-electron chi connectivity index (χ0n) is 10.2. The van der Waals surface area contributed by atoms with Crippen LogP contribution in [-0.4, -0.2) is 4.98 Å². The maximum atomic E-state index is 12.8. The molecule has 1 nitrogen and oxygen atoms in total. The first-order valence-corrected chi connectivity index (χ1v) is 6.29. The lowest BCUT2D eigenvalue weighted by atomic mass is 9.86. The molecule has 0 spiro atoms. The topological polar surface area (TPSA) is 15.8 Å². The second-order valence-electron chi connectivity index (χ2n) is 5.32. The quantitative estimate of drug-likeness (QED) is 0.683. The Balaban J connectivity index is 2.68. The lowest BCUT2D eigenvalue weighted by Gasteiger charge is -2.18. The number of fused-ring (bicyclic) bond motifs is 1. The van der Waals surface area contributed by atoms with Crippen molar-refractivity contribution in [3.63, 3.8) is 0 Å². The van der Waals surface area contributed by atoms with Crippen molar-refractivity contribution in [2.75, 3.05) is 0 Å². The highest BCUT2D eigenvalue weighted by Gasteiger charge is 2.36. The largest absolute Gasteiger partial charge is 0.432 e. The fourth-order valence-electron chi connectivity index (χ4n) is 1.82. The molecule has 98 valence electrons. The lowest BCUT2D eigenvalue weighted by molar-refractivity contribution is -0.141. The molecular formula is C13H13BrF3N. The Bertz CT molecular complexity index is 591. The molecular weight excluding hydrogens is 307 g/mol. The standard InChI is InChI=1S/C13H13BrF3N/c1-12(2,3)7-4-5-9-8(6-7)10(14)11(18-9)13(15,16)17/h4-6,18H,1-3H3. The molecule has 18 heavy (non-hydrogen) atoms. The van der Waals surface area contributed by atoms with Crippen molar-refractivity contribution >= 4 is 26.8 Å². The van der Waals surface area contributed by atoms with Crippen LogP contribution in [0.5, 0.6) is 0 Å². The highest BCUT2D eigenvalue weighted by molar-refractivity contribution is 9.10. The Morgan fingerprint density at radius 2 is 1.72 bits per heavy atom. The van der Waals surface area contributed by atoms with Gasteiger partial charge in [0.05, 0.1) is 4.47 Å². The molecule has 2 rings (SSSR count). The number of aromatic nitrogens is 1. The number of hydrogen-bond acceptors (Lipinski definition) is 0. The number of alkyl halides is 3. The number of aromatic amines is 1. The van der Waals surface area contributed by atoms with Crippen LogP contribution < -0.4 is 0 Å². The van der Waals surface area contributed by atoms with Crippen molar-refractivity contribution in [2.45, 2.75) is 32.4 Å². The molecule has 0 aliphatic heterocycles. The molecule has 0 bridgehead atoms. The fraction of sp³-hybridized carbons (Fsp3) is 0.385. The Morgan fingerprint density at radius 1 is 1.11 bits per heavy atom. The van der Waals surface area contributed by atoms with E-state index in [4.69, 9.17) is 0 Å². The maximum absolute atomic E-state index is 12.8. The predicted octanol–water partition coefficient (Wildman–Crippen LogP) is 5.25. The summed E-state index contributed by atoms with van der Waals surface area (Å²) in [4.78, 5) is 2.41. The first-order valence-electron chi connectivity index (χ1n) is 5.49. The first kappa shape index (κ1) is 13.5. The minimum Gasteiger partial charge on any atom is -0.350 e. The third kappa shape index (κ3) is 2.28. The van der Waals surface area contributed by atoms with Crippen LogP contribution in [0.2, 0.25) is 0 Å². The van der Waals surface area contributed by atoms with Crippen molar-refractivity contribution < 1.29 is 13.2 Å². The van der Waals surface area contributed by atoms with E-state index in [9.17, 15) is 13.2 Å². The van der Waals surface area contributed by atoms with E-state index in [1.54, 1.807) is 12.1 Å². The predicted molar refractivity (Wildman–Crippen MR) is 69.7 cm³/mol. The molecule has 0 amide bonds. The smallest absolute Gasteiger partial charge is 0.350 e. The van der Waals surface area contributed by atoms with Gasteiger partial charge in [0, 0.05) is 10.9 Å². The van der Waals surface area contributed by atoms with Crippen LogP contribution in [0.3, 0.4) is 0 Å². The summed E-state index contributed by atoms with van der Waals surface area (Å²) in [6, 6.07) is 5.34. The van der Waals surface area contributed by atoms with Gasteiger partial charge in [-0.25, -0.2) is 0 Å². The average Bonchev–Trinajstić information content (AvgIpc) is 2.54. The van der Waals surface area contributed by atoms with Gasteiger partial charge in [-0.15, -0.1) is 0 Å². The fourth-order valence-corrected chi connectivity index (χ4v) is 2.47. The van der Waals surface area contributed by atoms with Crippen molar-refractivity contribution in [3.05, 3.63) is 33.9 Å². The molecule has 1 N–H and O–H groups in total. The maximum Gasteiger partial charge on any atom is 0.432 e. The van der Waals surface area contributed by atoms with E-state index in [0.717, 1.165) is 5.56 Å². The third-order valence-electron chi connectivity index (χ3n) is 2.88. The summed E-state index contributed by atoms with van der Waals surface area (Å²) in [6.45, 7) is 6.08. The van der Waals surface area contributed by atoms with Gasteiger partial charge in [-0.2, -0.15) is 13.2 Å². The Kier molecular flexibility index (Phi) is 3.00. The van der Waals surface area contributed by atoms with Crippen LogP contribution in [-0.2, 0) is 11.6 Å². The number of hydrogen-bond donors (Lipinski definition) is 1. The van der Waals surface area contributed by atoms with Gasteiger partial charge in [0.1, 0.15) is 5.69 Å². The molecule has 0 fully saturated rings. The number of nitrogens with one attached hydrogen (secondary N) is 1. The van der Waals surface area contributed by atoms with E-state index in [1.807, 2.05) is 26.8 Å². The summed E-state index contributed by atoms with van der Waals surface area (Å²) >= 11 is 3.04. The van der Waals surface area contributed by atoms with E-state index in [-0.39, 0.29) is 9.89 Å². The summed E-state index contributed by atoms with van der Waals surface area (Å²) in [5, 5.41) is 0.565. The summed E-state index contributed by atoms with van der Waals surface area (Å²) in [7, 11) is 0. The Hall–Kier alpha value is -0.970. The molecule has 0 saturated heterocycles. The van der Waals surface area contributed by atoms with Crippen LogP contribution in [0.4, 0.5) is 13.2 Å². The van der Waals surface area contributed by atoms with E-state index in [2.05, 4.69) is 20.9 Å². The molecule has 5 heteroatoms. The van der Waals surface area contributed by atoms with Gasteiger partial charge in [-0.3, -0.25) is 0 Å². The molecule has 1 aromatic heterocycles. The molecule has 0 radical (unpaired) electrons. The zero-order chi connectivity index (χ0) is 13.7. The van der Waals surface area contributed by atoms with Crippen LogP contribution >= 0.6 is 15.9 Å². The number of rotatable bonds is 0. The van der Waals surface area contributed by atoms with Crippen LogP contribution in [0.25, 0.3) is 10.9 Å². The number of benzene rings is 1. The number of halogens is 4. The second-order valence-corrected chi connectivity index (χ2v) is 6.12. The van der Waals surface area contributed by atoms with Crippen LogP contribution in [0.1, 0.15) is 32.0 Å². The molecule has 0 unspecified atom stereocenters. The average molecular weight is 320 g/mol. The minimum atomic E-state index is -4.38. The van der Waals surface area contributed by atoms with Gasteiger partial charge in [0.25, 0.3) is 0 Å². The van der Waals surface area contributed by atoms with E-state index >= 15 is 0 Å². The van der Waals surface area contributed by atoms with Gasteiger partial charge in [0.15, 0.2) is 0 Å². The van der Waals surface area contributed by atoms with Crippen LogP contribution in [0.15, 0.2) is 22.7 Å². The van der Waals surface area contributed by atoms with E-state index in [0.29, 0.717) is 10.9 Å². The molecule has 0 aliphatic rings. The summed E-state index contributed by atoms with van der Waals surface area (Å²) < 4.78 is 38.4. The third-order valence-corrected chi connectivity index (χ3v) is 3.71. The second kappa shape index (κ2) is 4.02. The zero-order valence-corrected chi connectivity index (χ0v) is 11.8. The normalized spacial score (nSPS) is 13.3. The number of H-pyrrole nitrogens is 1. The molecule has 1 aromatic carbocycles. The van der Waals surface area contributed by atoms with Gasteiger partial charge >= 0.3 is 6.18 Å². The Labute approximate surface area is 112 Å². The van der Waals surface area contributed by atoms with Crippen molar-refractivity contribution in [2.24, 2.45) is 0 Å². The van der Waals surface area contributed by atoms with Gasteiger partial charge in [-0.05, 0) is 39.0 Å². The minimum absolute atomic E-state index is 0.0797. The van der Waals surface area contributed by atoms with Crippen molar-refractivity contribution in [3.8, 4) is 0 Å². The van der Waals surface area contributed by atoms with E-state index < -0.39 is 11.9 Å². The van der Waals surface area contributed by atoms with Gasteiger partial charge in [0.2, 0.25) is 0 Å². The van der Waals surface area contributed by atoms with Crippen molar-refractivity contribution in [1.29, 1.82) is 0 Å². The summed E-state index contributed by atoms with van der Waals surface area (Å²) in [5.41, 5.74) is 0.665. The van der Waals surface area contributed by atoms with Gasteiger partial charge < -0.3 is 4.98 Å². The summed E-state index contributed by atoms with van der Waals surface area (Å²) in [6.07, 6.45) is -4.38. The molecule has 1 heterocycles. The Morgan fingerprint density at radius 3 is 2.22 bits per heavy atom. The van der Waals surface area contributed by atoms with E-state index in [1.165, 1.54) is 0 Å². The molecule has 0 saturated carbocycles. The first-order chi connectivity index (χ1) is 8.10. The highest BCUT2D eigenvalue weighted by atomic mass is 79.9. The molecule has 0 atom stereocenters. The lowest BCUT2D eigenvalue weighted by Crippen LogP contribution is -2.10. The van der Waals surface area contributed by atoms with Crippen molar-refractivity contribution in [1.82, 2.24) is 4.98 Å². The molecule has 2 aromatic rings. The SMILES string of the molecule is CC(C)(C)c1ccc2[nH]c(C(F)(F)F)c(Br)c2c1. The van der Waals surface area contributed by atoms with Gasteiger partial charge in [-0.1, -0.05) is 26.8 Å². The molecule has 0 aliphatic carbocycles. The summed E-state index contributed by atoms with van der Waals surface area (Å²) in [5.74, 6) is 0. The monoisotopic (exact) mass is 319 g/mol. The highest BCUT2D eigenvalue weighted by Crippen LogP contribution is 2.39. The van der Waals surface area contributed by atoms with Crippen LogP contribution in [0, 0.1) is 0 Å².